The molecular formula is C14H20N2O2. The van der Waals surface area contributed by atoms with Crippen LogP contribution >= 0.6 is 0 Å². The zero-order chi connectivity index (χ0) is 13.5. The van der Waals surface area contributed by atoms with E-state index in [9.17, 15) is 9.59 Å². The van der Waals surface area contributed by atoms with Gasteiger partial charge in [0.2, 0.25) is 5.91 Å². The van der Waals surface area contributed by atoms with E-state index in [4.69, 9.17) is 0 Å². The number of nitrogens with zero attached hydrogens (tertiary/aromatic N) is 1. The van der Waals surface area contributed by atoms with Crippen LogP contribution in [0.5, 0.6) is 0 Å². The Labute approximate surface area is 108 Å². The molecule has 1 rings (SSSR count). The Hall–Kier alpha value is -1.68. The van der Waals surface area contributed by atoms with Crippen molar-refractivity contribution in [2.45, 2.75) is 19.4 Å². The maximum Gasteiger partial charge on any atom is 0.227 e. The maximum absolute atomic E-state index is 11.7. The smallest absolute Gasteiger partial charge is 0.227 e. The minimum atomic E-state index is -0.224. The fraction of sp³-hybridized carbons (Fsp3) is 0.429. The van der Waals surface area contributed by atoms with Crippen molar-refractivity contribution in [3.05, 3.63) is 35.9 Å². The van der Waals surface area contributed by atoms with E-state index in [-0.39, 0.29) is 24.2 Å². The second-order valence-electron chi connectivity index (χ2n) is 4.67. The van der Waals surface area contributed by atoms with Crippen molar-refractivity contribution in [3.63, 3.8) is 0 Å². The lowest BCUT2D eigenvalue weighted by molar-refractivity contribution is -0.127. The number of Topliss-reactive ketones (excluding diaryl/α,β-unsaturated/α-hetero) is 1. The molecule has 0 radical (unpaired) electrons. The average Bonchev–Trinajstić information content (AvgIpc) is 2.27. The molecule has 18 heavy (non-hydrogen) atoms. The van der Waals surface area contributed by atoms with Crippen LogP contribution in [-0.2, 0) is 9.59 Å². The molecule has 1 aromatic rings. The number of amides is 1. The van der Waals surface area contributed by atoms with Crippen molar-refractivity contribution in [2.75, 3.05) is 20.6 Å². The number of benzene rings is 1. The van der Waals surface area contributed by atoms with Gasteiger partial charge in [0.15, 0.2) is 0 Å². The third kappa shape index (κ3) is 5.10. The van der Waals surface area contributed by atoms with Gasteiger partial charge in [0.1, 0.15) is 5.78 Å². The van der Waals surface area contributed by atoms with Crippen LogP contribution in [-0.4, -0.2) is 37.2 Å². The van der Waals surface area contributed by atoms with Crippen LogP contribution in [0.2, 0.25) is 0 Å². The molecule has 1 atom stereocenters. The van der Waals surface area contributed by atoms with Gasteiger partial charge in [0.05, 0.1) is 12.5 Å². The van der Waals surface area contributed by atoms with Crippen LogP contribution in [0, 0.1) is 0 Å². The molecule has 98 valence electrons. The standard InChI is InChI=1S/C14H20N2O2/c1-11(17)9-14(18)15-13(10-16(2)3)12-7-5-4-6-8-12/h4-8,13H,9-10H2,1-3H3,(H,15,18). The molecule has 0 spiro atoms. The summed E-state index contributed by atoms with van der Waals surface area (Å²) in [5.41, 5.74) is 1.04. The van der Waals surface area contributed by atoms with E-state index in [1.165, 1.54) is 6.92 Å². The van der Waals surface area contributed by atoms with E-state index >= 15 is 0 Å². The summed E-state index contributed by atoms with van der Waals surface area (Å²) in [6.07, 6.45) is -0.0588. The van der Waals surface area contributed by atoms with Crippen molar-refractivity contribution in [3.8, 4) is 0 Å². The first kappa shape index (κ1) is 14.4. The molecule has 1 amide bonds. The van der Waals surface area contributed by atoms with E-state index in [1.807, 2.05) is 49.3 Å². The highest BCUT2D eigenvalue weighted by atomic mass is 16.2. The number of ketones is 1. The van der Waals surface area contributed by atoms with Crippen molar-refractivity contribution in [1.82, 2.24) is 10.2 Å². The van der Waals surface area contributed by atoms with E-state index in [0.717, 1.165) is 5.56 Å². The summed E-state index contributed by atoms with van der Waals surface area (Å²) in [4.78, 5) is 24.6. The number of rotatable bonds is 6. The Bertz CT molecular complexity index is 402. The third-order valence-corrected chi connectivity index (χ3v) is 2.49. The van der Waals surface area contributed by atoms with Gasteiger partial charge in [-0.2, -0.15) is 0 Å². The summed E-state index contributed by atoms with van der Waals surface area (Å²) in [7, 11) is 3.90. The summed E-state index contributed by atoms with van der Waals surface area (Å²) in [6.45, 7) is 2.12. The fourth-order valence-electron chi connectivity index (χ4n) is 1.76. The Morgan fingerprint density at radius 3 is 2.33 bits per heavy atom. The van der Waals surface area contributed by atoms with Crippen molar-refractivity contribution >= 4 is 11.7 Å². The Kier molecular flexibility index (Phi) is 5.52. The zero-order valence-corrected chi connectivity index (χ0v) is 11.1. The van der Waals surface area contributed by atoms with Crippen LogP contribution in [0.3, 0.4) is 0 Å². The molecule has 0 aliphatic heterocycles. The molecular weight excluding hydrogens is 228 g/mol. The lowest BCUT2D eigenvalue weighted by Gasteiger charge is -2.22. The molecule has 0 aromatic heterocycles. The molecule has 1 unspecified atom stereocenters. The fourth-order valence-corrected chi connectivity index (χ4v) is 1.76. The number of likely N-dealkylation sites (N-methyl/N-ethyl adjacent to an activating group) is 1. The molecule has 0 bridgehead atoms. The van der Waals surface area contributed by atoms with Gasteiger partial charge in [-0.25, -0.2) is 0 Å². The van der Waals surface area contributed by atoms with Crippen molar-refractivity contribution < 1.29 is 9.59 Å². The third-order valence-electron chi connectivity index (χ3n) is 2.49. The van der Waals surface area contributed by atoms with Crippen LogP contribution in [0.15, 0.2) is 30.3 Å². The largest absolute Gasteiger partial charge is 0.348 e. The number of hydrogen-bond donors (Lipinski definition) is 1. The van der Waals surface area contributed by atoms with Gasteiger partial charge < -0.3 is 10.2 Å². The highest BCUT2D eigenvalue weighted by Crippen LogP contribution is 2.13. The summed E-state index contributed by atoms with van der Waals surface area (Å²) in [5.74, 6) is -0.345. The molecule has 0 fully saturated rings. The normalized spacial score (nSPS) is 12.2. The van der Waals surface area contributed by atoms with E-state index in [0.29, 0.717) is 6.54 Å². The predicted molar refractivity (Wildman–Crippen MR) is 71.2 cm³/mol. The predicted octanol–water partition coefficient (Wildman–Crippen LogP) is 1.38. The molecule has 1 aromatic carbocycles. The Balaban J connectivity index is 2.73. The first-order valence-electron chi connectivity index (χ1n) is 5.97. The highest BCUT2D eigenvalue weighted by molar-refractivity contribution is 5.96. The highest BCUT2D eigenvalue weighted by Gasteiger charge is 2.15. The van der Waals surface area contributed by atoms with E-state index in [1.54, 1.807) is 0 Å². The molecule has 0 saturated heterocycles. The monoisotopic (exact) mass is 248 g/mol. The number of nitrogens with one attached hydrogen (secondary N) is 1. The summed E-state index contributed by atoms with van der Waals surface area (Å²) >= 11 is 0. The quantitative estimate of drug-likeness (QED) is 0.774. The van der Waals surface area contributed by atoms with Crippen LogP contribution in [0.25, 0.3) is 0 Å². The first-order valence-corrected chi connectivity index (χ1v) is 5.97. The molecule has 0 saturated carbocycles. The van der Waals surface area contributed by atoms with Gasteiger partial charge in [-0.15, -0.1) is 0 Å². The minimum absolute atomic E-state index is 0.0588. The van der Waals surface area contributed by atoms with E-state index < -0.39 is 0 Å². The van der Waals surface area contributed by atoms with Crippen molar-refractivity contribution in [2.24, 2.45) is 0 Å². The van der Waals surface area contributed by atoms with Crippen molar-refractivity contribution in [1.29, 1.82) is 0 Å². The zero-order valence-electron chi connectivity index (χ0n) is 11.1. The summed E-state index contributed by atoms with van der Waals surface area (Å²) < 4.78 is 0. The van der Waals surface area contributed by atoms with Gasteiger partial charge in [0, 0.05) is 6.54 Å². The molecule has 4 heteroatoms. The van der Waals surface area contributed by atoms with Gasteiger partial charge >= 0.3 is 0 Å². The lowest BCUT2D eigenvalue weighted by atomic mass is 10.1. The van der Waals surface area contributed by atoms with Crippen LogP contribution < -0.4 is 5.32 Å². The Morgan fingerprint density at radius 2 is 1.83 bits per heavy atom. The SMILES string of the molecule is CC(=O)CC(=O)NC(CN(C)C)c1ccccc1. The first-order chi connectivity index (χ1) is 8.49. The minimum Gasteiger partial charge on any atom is -0.348 e. The summed E-state index contributed by atoms with van der Waals surface area (Å²) in [5, 5.41) is 2.89. The number of carbonyl (C=O) groups is 2. The second kappa shape index (κ2) is 6.91. The number of carbonyl (C=O) groups excluding carboxylic acids is 2. The van der Waals surface area contributed by atoms with Gasteiger partial charge in [0.25, 0.3) is 0 Å². The lowest BCUT2D eigenvalue weighted by Crippen LogP contribution is -2.35. The average molecular weight is 248 g/mol. The van der Waals surface area contributed by atoms with Gasteiger partial charge in [-0.05, 0) is 26.6 Å². The topological polar surface area (TPSA) is 49.4 Å². The van der Waals surface area contributed by atoms with Gasteiger partial charge in [-0.1, -0.05) is 30.3 Å². The molecule has 4 nitrogen and oxygen atoms in total. The molecule has 0 heterocycles. The second-order valence-corrected chi connectivity index (χ2v) is 4.67. The molecule has 0 aliphatic carbocycles. The van der Waals surface area contributed by atoms with Crippen LogP contribution in [0.4, 0.5) is 0 Å². The summed E-state index contributed by atoms with van der Waals surface area (Å²) in [6, 6.07) is 9.68. The Morgan fingerprint density at radius 1 is 1.22 bits per heavy atom. The number of hydrogen-bond acceptors (Lipinski definition) is 3. The van der Waals surface area contributed by atoms with E-state index in [2.05, 4.69) is 5.32 Å². The maximum atomic E-state index is 11.7. The van der Waals surface area contributed by atoms with Gasteiger partial charge in [-0.3, -0.25) is 9.59 Å². The van der Waals surface area contributed by atoms with Crippen LogP contribution in [0.1, 0.15) is 24.9 Å². The molecule has 1 N–H and O–H groups in total. The molecule has 0 aliphatic rings.